The van der Waals surface area contributed by atoms with Gasteiger partial charge in [0.25, 0.3) is 5.89 Å². The Hall–Kier alpha value is -2.74. The first kappa shape index (κ1) is 16.7. The predicted octanol–water partition coefficient (Wildman–Crippen LogP) is 3.11. The van der Waals surface area contributed by atoms with Gasteiger partial charge in [0, 0.05) is 31.1 Å². The molecule has 0 bridgehead atoms. The van der Waals surface area contributed by atoms with Crippen LogP contribution in [-0.2, 0) is 12.2 Å². The van der Waals surface area contributed by atoms with E-state index in [9.17, 15) is 0 Å². The Morgan fingerprint density at radius 2 is 2.04 bits per heavy atom. The normalized spacial score (nSPS) is 20.6. The lowest BCUT2D eigenvalue weighted by atomic mass is 10.1. The van der Waals surface area contributed by atoms with Crippen LogP contribution in [0.2, 0.25) is 0 Å². The van der Waals surface area contributed by atoms with Crippen molar-refractivity contribution in [3.8, 4) is 17.1 Å². The van der Waals surface area contributed by atoms with Crippen LogP contribution in [0.5, 0.6) is 5.75 Å². The lowest BCUT2D eigenvalue weighted by Crippen LogP contribution is -2.27. The Labute approximate surface area is 149 Å². The van der Waals surface area contributed by atoms with Gasteiger partial charge in [-0.25, -0.2) is 4.39 Å². The molecule has 1 fully saturated rings. The molecule has 1 aliphatic rings. The summed E-state index contributed by atoms with van der Waals surface area (Å²) in [6.45, 7) is 3.12. The maximum atomic E-state index is 15.3. The molecule has 3 aromatic rings. The molecule has 0 radical (unpaired) electrons. The zero-order chi connectivity index (χ0) is 18.1. The van der Waals surface area contributed by atoms with Gasteiger partial charge in [0.1, 0.15) is 5.75 Å². The number of nitrogens with zero attached hydrogens (tertiary/aromatic N) is 4. The molecule has 1 atom stereocenters. The molecule has 7 nitrogen and oxygen atoms in total. The lowest BCUT2D eigenvalue weighted by molar-refractivity contribution is 0.113. The van der Waals surface area contributed by atoms with Crippen LogP contribution in [0.1, 0.15) is 23.8 Å². The molecule has 2 aromatic heterocycles. The van der Waals surface area contributed by atoms with Gasteiger partial charge in [-0.1, -0.05) is 10.3 Å². The van der Waals surface area contributed by atoms with Crippen molar-refractivity contribution in [3.63, 3.8) is 0 Å². The second kappa shape index (κ2) is 6.53. The zero-order valence-corrected chi connectivity index (χ0v) is 14.6. The number of benzene rings is 1. The average Bonchev–Trinajstić information content (AvgIpc) is 3.37. The molecule has 3 heterocycles. The molecule has 0 amide bonds. The molecule has 1 aliphatic heterocycles. The Kier molecular flexibility index (Phi) is 4.20. The van der Waals surface area contributed by atoms with Crippen LogP contribution in [0.4, 0.5) is 4.39 Å². The molecule has 1 saturated heterocycles. The van der Waals surface area contributed by atoms with Crippen LogP contribution in [0.25, 0.3) is 11.4 Å². The van der Waals surface area contributed by atoms with E-state index in [0.29, 0.717) is 25.3 Å². The third-order valence-electron chi connectivity index (χ3n) is 4.51. The highest BCUT2D eigenvalue weighted by molar-refractivity contribution is 5.55. The summed E-state index contributed by atoms with van der Waals surface area (Å²) in [5.74, 6) is 1.83. The minimum atomic E-state index is -1.66. The fraction of sp³-hybridized carbons (Fsp3) is 0.389. The van der Waals surface area contributed by atoms with Crippen molar-refractivity contribution in [1.29, 1.82) is 0 Å². The van der Waals surface area contributed by atoms with E-state index >= 15 is 4.39 Å². The molecule has 8 heteroatoms. The average molecular weight is 358 g/mol. The number of hydrogen-bond acceptors (Lipinski definition) is 7. The van der Waals surface area contributed by atoms with E-state index in [0.717, 1.165) is 22.8 Å². The van der Waals surface area contributed by atoms with E-state index in [1.54, 1.807) is 19.2 Å². The van der Waals surface area contributed by atoms with Crippen molar-refractivity contribution in [1.82, 2.24) is 20.2 Å². The minimum Gasteiger partial charge on any atom is -0.497 e. The van der Waals surface area contributed by atoms with E-state index in [-0.39, 0.29) is 12.4 Å². The molecule has 1 aromatic carbocycles. The van der Waals surface area contributed by atoms with E-state index in [1.165, 1.54) is 0 Å². The standard InChI is InChI=1S/C18H19FN4O3/c1-12-9-15(25-21-12)10-23-8-7-18(19,11-23)17-20-16(22-26-17)13-3-5-14(24-2)6-4-13/h3-6,9H,7-8,10-11H2,1-2H3. The molecule has 1 unspecified atom stereocenters. The number of likely N-dealkylation sites (tertiary alicyclic amines) is 1. The summed E-state index contributed by atoms with van der Waals surface area (Å²) in [7, 11) is 1.60. The van der Waals surface area contributed by atoms with Gasteiger partial charge in [-0.3, -0.25) is 4.90 Å². The van der Waals surface area contributed by atoms with Crippen molar-refractivity contribution >= 4 is 0 Å². The number of ether oxygens (including phenoxy) is 1. The SMILES string of the molecule is COc1ccc(-c2noc(C3(F)CCN(Cc4cc(C)no4)C3)n2)cc1. The van der Waals surface area contributed by atoms with Gasteiger partial charge in [-0.15, -0.1) is 0 Å². The largest absolute Gasteiger partial charge is 0.497 e. The van der Waals surface area contributed by atoms with Crippen LogP contribution in [0.3, 0.4) is 0 Å². The maximum Gasteiger partial charge on any atom is 0.266 e. The Morgan fingerprint density at radius 3 is 2.73 bits per heavy atom. The van der Waals surface area contributed by atoms with E-state index in [2.05, 4.69) is 15.3 Å². The van der Waals surface area contributed by atoms with Gasteiger partial charge in [-0.05, 0) is 31.2 Å². The van der Waals surface area contributed by atoms with Gasteiger partial charge >= 0.3 is 0 Å². The van der Waals surface area contributed by atoms with E-state index < -0.39 is 5.67 Å². The molecule has 0 spiro atoms. The molecule has 0 N–H and O–H groups in total. The highest BCUT2D eigenvalue weighted by atomic mass is 19.1. The van der Waals surface area contributed by atoms with Gasteiger partial charge in [0.2, 0.25) is 11.5 Å². The smallest absolute Gasteiger partial charge is 0.266 e. The number of rotatable bonds is 5. The molecule has 0 saturated carbocycles. The van der Waals surface area contributed by atoms with Crippen molar-refractivity contribution in [2.45, 2.75) is 25.6 Å². The van der Waals surface area contributed by atoms with Crippen LogP contribution in [0, 0.1) is 6.92 Å². The first-order valence-electron chi connectivity index (χ1n) is 8.38. The van der Waals surface area contributed by atoms with Gasteiger partial charge in [-0.2, -0.15) is 4.98 Å². The van der Waals surface area contributed by atoms with Crippen molar-refractivity contribution in [2.75, 3.05) is 20.2 Å². The summed E-state index contributed by atoms with van der Waals surface area (Å²) < 4.78 is 30.9. The topological polar surface area (TPSA) is 77.4 Å². The second-order valence-electron chi connectivity index (χ2n) is 6.51. The third kappa shape index (κ3) is 3.20. The number of aryl methyl sites for hydroxylation is 1. The third-order valence-corrected chi connectivity index (χ3v) is 4.51. The summed E-state index contributed by atoms with van der Waals surface area (Å²) >= 11 is 0. The lowest BCUT2D eigenvalue weighted by Gasteiger charge is -2.16. The quantitative estimate of drug-likeness (QED) is 0.693. The predicted molar refractivity (Wildman–Crippen MR) is 90.2 cm³/mol. The number of hydrogen-bond donors (Lipinski definition) is 0. The number of aromatic nitrogens is 3. The zero-order valence-electron chi connectivity index (χ0n) is 14.6. The molecule has 26 heavy (non-hydrogen) atoms. The van der Waals surface area contributed by atoms with Crippen LogP contribution >= 0.6 is 0 Å². The van der Waals surface area contributed by atoms with E-state index in [1.807, 2.05) is 30.0 Å². The first-order valence-corrected chi connectivity index (χ1v) is 8.38. The van der Waals surface area contributed by atoms with Crippen LogP contribution in [0.15, 0.2) is 39.4 Å². The number of alkyl halides is 1. The fourth-order valence-electron chi connectivity index (χ4n) is 3.13. The summed E-state index contributed by atoms with van der Waals surface area (Å²) in [5.41, 5.74) is -0.101. The first-order chi connectivity index (χ1) is 12.6. The maximum absolute atomic E-state index is 15.3. The van der Waals surface area contributed by atoms with Gasteiger partial charge in [0.15, 0.2) is 5.76 Å². The molecular weight excluding hydrogens is 339 g/mol. The number of methoxy groups -OCH3 is 1. The highest BCUT2D eigenvalue weighted by Crippen LogP contribution is 2.36. The van der Waals surface area contributed by atoms with E-state index in [4.69, 9.17) is 13.8 Å². The van der Waals surface area contributed by atoms with Crippen molar-refractivity contribution in [3.05, 3.63) is 47.7 Å². The summed E-state index contributed by atoms with van der Waals surface area (Å²) in [6, 6.07) is 9.07. The monoisotopic (exact) mass is 358 g/mol. The molecular formula is C18H19FN4O3. The Balaban J connectivity index is 1.47. The fourth-order valence-corrected chi connectivity index (χ4v) is 3.13. The molecule has 0 aliphatic carbocycles. The number of halogens is 1. The Bertz CT molecular complexity index is 892. The summed E-state index contributed by atoms with van der Waals surface area (Å²) in [5, 5.41) is 7.79. The highest BCUT2D eigenvalue weighted by Gasteiger charge is 2.45. The van der Waals surface area contributed by atoms with Crippen molar-refractivity contribution < 1.29 is 18.2 Å². The minimum absolute atomic E-state index is 0.0135. The Morgan fingerprint density at radius 1 is 1.23 bits per heavy atom. The van der Waals surface area contributed by atoms with Gasteiger partial charge in [0.05, 0.1) is 19.3 Å². The van der Waals surface area contributed by atoms with Crippen molar-refractivity contribution in [2.24, 2.45) is 0 Å². The second-order valence-corrected chi connectivity index (χ2v) is 6.51. The summed E-state index contributed by atoms with van der Waals surface area (Å²) in [6.07, 6.45) is 0.296. The molecule has 4 rings (SSSR count). The summed E-state index contributed by atoms with van der Waals surface area (Å²) in [4.78, 5) is 6.23. The van der Waals surface area contributed by atoms with Crippen LogP contribution < -0.4 is 4.74 Å². The van der Waals surface area contributed by atoms with Gasteiger partial charge < -0.3 is 13.8 Å². The van der Waals surface area contributed by atoms with Crippen LogP contribution in [-0.4, -0.2) is 40.4 Å². The molecule has 136 valence electrons.